The van der Waals surface area contributed by atoms with Crippen molar-refractivity contribution >= 4 is 16.9 Å². The summed E-state index contributed by atoms with van der Waals surface area (Å²) in [4.78, 5) is 11.4. The van der Waals surface area contributed by atoms with Crippen molar-refractivity contribution < 1.29 is 19.1 Å². The topological polar surface area (TPSA) is 59.7 Å². The summed E-state index contributed by atoms with van der Waals surface area (Å²) in [7, 11) is 0. The van der Waals surface area contributed by atoms with Crippen molar-refractivity contribution in [3.63, 3.8) is 0 Å². The Bertz CT molecular complexity index is 816. The molecule has 0 aliphatic carbocycles. The number of hydrogen-bond donors (Lipinski definition) is 1. The van der Waals surface area contributed by atoms with E-state index in [9.17, 15) is 9.90 Å². The number of benzene rings is 2. The molecule has 3 rings (SSSR count). The van der Waals surface area contributed by atoms with Gasteiger partial charge >= 0.3 is 5.97 Å². The quantitative estimate of drug-likeness (QED) is 0.765. The second-order valence-electron chi connectivity index (χ2n) is 5.28. The molecule has 0 saturated heterocycles. The van der Waals surface area contributed by atoms with E-state index in [0.29, 0.717) is 11.0 Å². The van der Waals surface area contributed by atoms with E-state index in [2.05, 4.69) is 0 Å². The lowest BCUT2D eigenvalue weighted by molar-refractivity contribution is 0.0656. The second kappa shape index (κ2) is 5.56. The van der Waals surface area contributed by atoms with Gasteiger partial charge in [0.2, 0.25) is 0 Å². The van der Waals surface area contributed by atoms with Gasteiger partial charge in [-0.05, 0) is 25.5 Å². The number of ether oxygens (including phenoxy) is 1. The summed E-state index contributed by atoms with van der Waals surface area (Å²) in [5.41, 5.74) is 2.34. The Morgan fingerprint density at radius 1 is 1.09 bits per heavy atom. The van der Waals surface area contributed by atoms with Gasteiger partial charge in [0, 0.05) is 5.56 Å². The highest BCUT2D eigenvalue weighted by Gasteiger charge is 2.24. The zero-order valence-electron chi connectivity index (χ0n) is 12.4. The fourth-order valence-corrected chi connectivity index (χ4v) is 2.44. The predicted molar refractivity (Wildman–Crippen MR) is 84.4 cm³/mol. The maximum Gasteiger partial charge on any atom is 0.375 e. The number of rotatable bonds is 4. The Kier molecular flexibility index (Phi) is 3.59. The Balaban J connectivity index is 2.28. The molecule has 0 saturated carbocycles. The van der Waals surface area contributed by atoms with Gasteiger partial charge in [-0.15, -0.1) is 0 Å². The molecule has 1 N–H and O–H groups in total. The zero-order chi connectivity index (χ0) is 15.7. The molecule has 22 heavy (non-hydrogen) atoms. The first-order valence-corrected chi connectivity index (χ1v) is 7.09. The van der Waals surface area contributed by atoms with Crippen LogP contribution in [-0.2, 0) is 0 Å². The van der Waals surface area contributed by atoms with Crippen LogP contribution in [0.5, 0.6) is 5.75 Å². The number of carbonyl (C=O) groups is 1. The standard InChI is InChI=1S/C18H16O4/c1-11(2)21-16-14-10-6-9-13(12-7-4-3-5-8-12)15(14)22-17(16)18(19)20/h3-11H,1-2H3,(H,19,20). The third-order valence-electron chi connectivity index (χ3n) is 3.30. The van der Waals surface area contributed by atoms with Crippen LogP contribution in [0.3, 0.4) is 0 Å². The van der Waals surface area contributed by atoms with Crippen LogP contribution in [0, 0.1) is 0 Å². The van der Waals surface area contributed by atoms with Crippen LogP contribution in [0.4, 0.5) is 0 Å². The molecule has 0 bridgehead atoms. The van der Waals surface area contributed by atoms with Gasteiger partial charge in [-0.2, -0.15) is 0 Å². The van der Waals surface area contributed by atoms with Crippen LogP contribution >= 0.6 is 0 Å². The molecular weight excluding hydrogens is 280 g/mol. The van der Waals surface area contributed by atoms with Gasteiger partial charge in [-0.25, -0.2) is 4.79 Å². The first kappa shape index (κ1) is 14.2. The van der Waals surface area contributed by atoms with Gasteiger partial charge in [0.25, 0.3) is 5.76 Å². The van der Waals surface area contributed by atoms with Crippen molar-refractivity contribution in [3.05, 3.63) is 54.3 Å². The summed E-state index contributed by atoms with van der Waals surface area (Å²) in [5, 5.41) is 10.0. The van der Waals surface area contributed by atoms with Gasteiger partial charge in [-0.1, -0.05) is 42.5 Å². The minimum Gasteiger partial charge on any atom is -0.486 e. The van der Waals surface area contributed by atoms with E-state index >= 15 is 0 Å². The molecule has 112 valence electrons. The van der Waals surface area contributed by atoms with Crippen molar-refractivity contribution in [1.29, 1.82) is 0 Å². The van der Waals surface area contributed by atoms with Crippen molar-refractivity contribution in [2.45, 2.75) is 20.0 Å². The van der Waals surface area contributed by atoms with Crippen molar-refractivity contribution in [3.8, 4) is 16.9 Å². The minimum absolute atomic E-state index is 0.140. The molecule has 4 heteroatoms. The van der Waals surface area contributed by atoms with Crippen LogP contribution < -0.4 is 4.74 Å². The molecule has 0 aliphatic rings. The fourth-order valence-electron chi connectivity index (χ4n) is 2.44. The lowest BCUT2D eigenvalue weighted by atomic mass is 10.0. The summed E-state index contributed by atoms with van der Waals surface area (Å²) in [6.45, 7) is 3.71. The zero-order valence-corrected chi connectivity index (χ0v) is 12.4. The highest BCUT2D eigenvalue weighted by Crippen LogP contribution is 2.39. The summed E-state index contributed by atoms with van der Waals surface area (Å²) >= 11 is 0. The van der Waals surface area contributed by atoms with Crippen molar-refractivity contribution in [2.24, 2.45) is 0 Å². The number of aromatic carboxylic acids is 1. The number of fused-ring (bicyclic) bond motifs is 1. The smallest absolute Gasteiger partial charge is 0.375 e. The van der Waals surface area contributed by atoms with E-state index in [1.807, 2.05) is 62.4 Å². The highest BCUT2D eigenvalue weighted by atomic mass is 16.5. The van der Waals surface area contributed by atoms with Crippen LogP contribution in [0.1, 0.15) is 24.4 Å². The second-order valence-corrected chi connectivity index (χ2v) is 5.28. The lowest BCUT2D eigenvalue weighted by Gasteiger charge is -2.08. The molecule has 0 aliphatic heterocycles. The van der Waals surface area contributed by atoms with Gasteiger partial charge in [-0.3, -0.25) is 0 Å². The Morgan fingerprint density at radius 3 is 2.45 bits per heavy atom. The molecule has 0 fully saturated rings. The fraction of sp³-hybridized carbons (Fsp3) is 0.167. The van der Waals surface area contributed by atoms with E-state index in [-0.39, 0.29) is 17.6 Å². The molecule has 0 amide bonds. The molecule has 0 spiro atoms. The van der Waals surface area contributed by atoms with Crippen molar-refractivity contribution in [1.82, 2.24) is 0 Å². The Morgan fingerprint density at radius 2 is 1.82 bits per heavy atom. The molecular formula is C18H16O4. The van der Waals surface area contributed by atoms with Crippen LogP contribution in [0.2, 0.25) is 0 Å². The summed E-state index contributed by atoms with van der Waals surface area (Å²) < 4.78 is 11.3. The van der Waals surface area contributed by atoms with Gasteiger partial charge < -0.3 is 14.3 Å². The Hall–Kier alpha value is -2.75. The summed E-state index contributed by atoms with van der Waals surface area (Å²) in [5.74, 6) is -1.01. The van der Waals surface area contributed by atoms with Crippen molar-refractivity contribution in [2.75, 3.05) is 0 Å². The summed E-state index contributed by atoms with van der Waals surface area (Å²) in [6, 6.07) is 15.3. The molecule has 3 aromatic rings. The van der Waals surface area contributed by atoms with E-state index < -0.39 is 5.97 Å². The number of furan rings is 1. The number of carboxylic acids is 1. The van der Waals surface area contributed by atoms with E-state index in [1.165, 1.54) is 0 Å². The van der Waals surface area contributed by atoms with Crippen LogP contribution in [0.25, 0.3) is 22.1 Å². The lowest BCUT2D eigenvalue weighted by Crippen LogP contribution is -2.08. The Labute approximate surface area is 127 Å². The predicted octanol–water partition coefficient (Wildman–Crippen LogP) is 4.59. The molecule has 1 aromatic heterocycles. The SMILES string of the molecule is CC(C)Oc1c(C(=O)O)oc2c(-c3ccccc3)cccc12. The van der Waals surface area contributed by atoms with Gasteiger partial charge in [0.15, 0.2) is 5.75 Å². The van der Waals surface area contributed by atoms with Crippen LogP contribution in [0.15, 0.2) is 52.9 Å². The number of carboxylic acid groups (broad SMARTS) is 1. The van der Waals surface area contributed by atoms with E-state index in [1.54, 1.807) is 0 Å². The molecule has 0 atom stereocenters. The minimum atomic E-state index is -1.13. The third kappa shape index (κ3) is 2.44. The van der Waals surface area contributed by atoms with Gasteiger partial charge in [0.05, 0.1) is 11.5 Å². The number of hydrogen-bond acceptors (Lipinski definition) is 3. The maximum absolute atomic E-state index is 11.4. The summed E-state index contributed by atoms with van der Waals surface area (Å²) in [6.07, 6.45) is -0.140. The normalized spacial score (nSPS) is 11.0. The average molecular weight is 296 g/mol. The first-order valence-electron chi connectivity index (χ1n) is 7.09. The largest absolute Gasteiger partial charge is 0.486 e. The van der Waals surface area contributed by atoms with Gasteiger partial charge in [0.1, 0.15) is 5.58 Å². The highest BCUT2D eigenvalue weighted by molar-refractivity contribution is 6.03. The molecule has 0 unspecified atom stereocenters. The average Bonchev–Trinajstić information content (AvgIpc) is 2.86. The molecule has 0 radical (unpaired) electrons. The van der Waals surface area contributed by atoms with E-state index in [0.717, 1.165) is 11.1 Å². The monoisotopic (exact) mass is 296 g/mol. The first-order chi connectivity index (χ1) is 10.6. The van der Waals surface area contributed by atoms with E-state index in [4.69, 9.17) is 9.15 Å². The number of para-hydroxylation sites is 1. The van der Waals surface area contributed by atoms with Crippen LogP contribution in [-0.4, -0.2) is 17.2 Å². The maximum atomic E-state index is 11.4. The molecule has 1 heterocycles. The third-order valence-corrected chi connectivity index (χ3v) is 3.30. The molecule has 2 aromatic carbocycles. The molecule has 4 nitrogen and oxygen atoms in total.